The third kappa shape index (κ3) is 2.83. The maximum absolute atomic E-state index is 9.05. The van der Waals surface area contributed by atoms with Gasteiger partial charge in [0.15, 0.2) is 0 Å². The lowest BCUT2D eigenvalue weighted by molar-refractivity contribution is 0.247. The Hall–Kier alpha value is -0.860. The summed E-state index contributed by atoms with van der Waals surface area (Å²) in [6, 6.07) is 6.45. The van der Waals surface area contributed by atoms with Gasteiger partial charge in [0.25, 0.3) is 0 Å². The van der Waals surface area contributed by atoms with E-state index in [0.29, 0.717) is 12.3 Å². The maximum Gasteiger partial charge on any atom is 0.0451 e. The van der Waals surface area contributed by atoms with Crippen LogP contribution in [0.1, 0.15) is 49.8 Å². The van der Waals surface area contributed by atoms with Crippen LogP contribution in [0.25, 0.3) is 0 Å². The van der Waals surface area contributed by atoms with E-state index in [1.165, 1.54) is 11.1 Å². The van der Waals surface area contributed by atoms with Gasteiger partial charge < -0.3 is 10.8 Å². The summed E-state index contributed by atoms with van der Waals surface area (Å²) < 4.78 is 0. The summed E-state index contributed by atoms with van der Waals surface area (Å²) in [5, 5.41) is 9.05. The van der Waals surface area contributed by atoms with Crippen molar-refractivity contribution in [3.05, 3.63) is 34.9 Å². The van der Waals surface area contributed by atoms with Crippen LogP contribution in [0.3, 0.4) is 0 Å². The van der Waals surface area contributed by atoms with Gasteiger partial charge in [-0.3, -0.25) is 0 Å². The Kier molecular flexibility index (Phi) is 4.11. The second-order valence-corrected chi connectivity index (χ2v) is 5.12. The van der Waals surface area contributed by atoms with Crippen molar-refractivity contribution in [3.8, 4) is 0 Å². The molecule has 0 radical (unpaired) electrons. The van der Waals surface area contributed by atoms with E-state index in [0.717, 1.165) is 5.56 Å². The smallest absolute Gasteiger partial charge is 0.0451 e. The molecule has 0 heterocycles. The molecule has 0 aliphatic carbocycles. The van der Waals surface area contributed by atoms with Crippen molar-refractivity contribution in [1.82, 2.24) is 0 Å². The fourth-order valence-electron chi connectivity index (χ4n) is 1.98. The molecular weight excluding hydrogens is 198 g/mol. The first-order chi connectivity index (χ1) is 7.38. The van der Waals surface area contributed by atoms with Crippen LogP contribution in [-0.2, 0) is 5.54 Å². The highest BCUT2D eigenvalue weighted by molar-refractivity contribution is 5.37. The topological polar surface area (TPSA) is 46.2 Å². The molecule has 3 N–H and O–H groups in total. The third-order valence-corrected chi connectivity index (χ3v) is 3.17. The number of aryl methyl sites for hydroxylation is 1. The van der Waals surface area contributed by atoms with Crippen LogP contribution in [0.15, 0.2) is 18.2 Å². The van der Waals surface area contributed by atoms with Gasteiger partial charge in [0, 0.05) is 12.1 Å². The SMILES string of the molecule is Cc1ccc(C(C)C)cc1C(C)(N)CCO. The van der Waals surface area contributed by atoms with E-state index in [2.05, 4.69) is 39.0 Å². The first kappa shape index (κ1) is 13.2. The molecule has 0 amide bonds. The number of benzene rings is 1. The fourth-order valence-corrected chi connectivity index (χ4v) is 1.98. The van der Waals surface area contributed by atoms with Gasteiger partial charge in [-0.25, -0.2) is 0 Å². The van der Waals surface area contributed by atoms with E-state index in [1.54, 1.807) is 0 Å². The summed E-state index contributed by atoms with van der Waals surface area (Å²) in [5.74, 6) is 0.504. The lowest BCUT2D eigenvalue weighted by Crippen LogP contribution is -2.35. The average Bonchev–Trinajstić information content (AvgIpc) is 2.17. The number of rotatable bonds is 4. The Morgan fingerprint density at radius 3 is 2.50 bits per heavy atom. The predicted octanol–water partition coefficient (Wildman–Crippen LogP) is 2.67. The molecule has 0 aliphatic heterocycles. The molecule has 0 fully saturated rings. The van der Waals surface area contributed by atoms with Crippen LogP contribution < -0.4 is 5.73 Å². The monoisotopic (exact) mass is 221 g/mol. The predicted molar refractivity (Wildman–Crippen MR) is 68.5 cm³/mol. The molecule has 0 aliphatic rings. The van der Waals surface area contributed by atoms with E-state index in [4.69, 9.17) is 10.8 Å². The van der Waals surface area contributed by atoms with Crippen molar-refractivity contribution < 1.29 is 5.11 Å². The third-order valence-electron chi connectivity index (χ3n) is 3.17. The fraction of sp³-hybridized carbons (Fsp3) is 0.571. The molecule has 0 saturated heterocycles. The zero-order chi connectivity index (χ0) is 12.3. The van der Waals surface area contributed by atoms with E-state index in [1.807, 2.05) is 6.92 Å². The van der Waals surface area contributed by atoms with E-state index >= 15 is 0 Å². The Morgan fingerprint density at radius 1 is 1.38 bits per heavy atom. The van der Waals surface area contributed by atoms with Crippen LogP contribution in [0.4, 0.5) is 0 Å². The summed E-state index contributed by atoms with van der Waals surface area (Å²) in [4.78, 5) is 0. The van der Waals surface area contributed by atoms with Crippen molar-refractivity contribution in [2.45, 2.75) is 45.6 Å². The van der Waals surface area contributed by atoms with Gasteiger partial charge in [-0.05, 0) is 42.9 Å². The number of aliphatic hydroxyl groups excluding tert-OH is 1. The Bertz CT molecular complexity index is 356. The molecule has 2 heteroatoms. The minimum Gasteiger partial charge on any atom is -0.396 e. The van der Waals surface area contributed by atoms with Crippen LogP contribution in [0.5, 0.6) is 0 Å². The molecule has 2 nitrogen and oxygen atoms in total. The van der Waals surface area contributed by atoms with Gasteiger partial charge >= 0.3 is 0 Å². The summed E-state index contributed by atoms with van der Waals surface area (Å²) in [5.41, 5.74) is 9.46. The van der Waals surface area contributed by atoms with Gasteiger partial charge in [-0.15, -0.1) is 0 Å². The highest BCUT2D eigenvalue weighted by atomic mass is 16.3. The zero-order valence-electron chi connectivity index (χ0n) is 10.7. The molecule has 0 aromatic heterocycles. The molecule has 90 valence electrons. The molecule has 0 bridgehead atoms. The average molecular weight is 221 g/mol. The van der Waals surface area contributed by atoms with Gasteiger partial charge in [0.1, 0.15) is 0 Å². The second-order valence-electron chi connectivity index (χ2n) is 5.12. The van der Waals surface area contributed by atoms with E-state index in [-0.39, 0.29) is 6.61 Å². The van der Waals surface area contributed by atoms with Gasteiger partial charge in [-0.2, -0.15) is 0 Å². The molecule has 1 unspecified atom stereocenters. The highest BCUT2D eigenvalue weighted by Crippen LogP contribution is 2.28. The van der Waals surface area contributed by atoms with E-state index < -0.39 is 5.54 Å². The molecule has 0 spiro atoms. The number of hydrogen-bond donors (Lipinski definition) is 2. The lowest BCUT2D eigenvalue weighted by Gasteiger charge is -2.27. The molecule has 1 rings (SSSR count). The van der Waals surface area contributed by atoms with Crippen molar-refractivity contribution >= 4 is 0 Å². The molecular formula is C14H23NO. The van der Waals surface area contributed by atoms with E-state index in [9.17, 15) is 0 Å². The second kappa shape index (κ2) is 4.98. The summed E-state index contributed by atoms with van der Waals surface area (Å²) in [6.45, 7) is 8.53. The molecule has 1 aromatic carbocycles. The minimum atomic E-state index is -0.441. The van der Waals surface area contributed by atoms with Crippen LogP contribution in [0.2, 0.25) is 0 Å². The first-order valence-corrected chi connectivity index (χ1v) is 5.89. The van der Waals surface area contributed by atoms with Gasteiger partial charge in [0.2, 0.25) is 0 Å². The standard InChI is InChI=1S/C14H23NO/c1-10(2)12-6-5-11(3)13(9-12)14(4,15)7-8-16/h5-6,9-10,16H,7-8,15H2,1-4H3. The van der Waals surface area contributed by atoms with Gasteiger partial charge in [-0.1, -0.05) is 32.0 Å². The first-order valence-electron chi connectivity index (χ1n) is 5.89. The lowest BCUT2D eigenvalue weighted by atomic mass is 9.84. The van der Waals surface area contributed by atoms with Crippen molar-refractivity contribution in [2.75, 3.05) is 6.61 Å². The van der Waals surface area contributed by atoms with Crippen LogP contribution in [-0.4, -0.2) is 11.7 Å². The molecule has 16 heavy (non-hydrogen) atoms. The van der Waals surface area contributed by atoms with Gasteiger partial charge in [0.05, 0.1) is 0 Å². The molecule has 0 saturated carbocycles. The molecule has 1 aromatic rings. The largest absolute Gasteiger partial charge is 0.396 e. The minimum absolute atomic E-state index is 0.123. The normalized spacial score (nSPS) is 15.2. The molecule has 1 atom stereocenters. The highest BCUT2D eigenvalue weighted by Gasteiger charge is 2.22. The Balaban J connectivity index is 3.16. The zero-order valence-corrected chi connectivity index (χ0v) is 10.7. The summed E-state index contributed by atoms with van der Waals surface area (Å²) >= 11 is 0. The van der Waals surface area contributed by atoms with Crippen molar-refractivity contribution in [3.63, 3.8) is 0 Å². The van der Waals surface area contributed by atoms with Crippen LogP contribution in [0, 0.1) is 6.92 Å². The van der Waals surface area contributed by atoms with Crippen molar-refractivity contribution in [2.24, 2.45) is 5.73 Å². The summed E-state index contributed by atoms with van der Waals surface area (Å²) in [6.07, 6.45) is 0.593. The Labute approximate surface area is 98.5 Å². The number of hydrogen-bond acceptors (Lipinski definition) is 2. The Morgan fingerprint density at radius 2 is 2.00 bits per heavy atom. The number of nitrogens with two attached hydrogens (primary N) is 1. The number of aliphatic hydroxyl groups is 1. The summed E-state index contributed by atoms with van der Waals surface area (Å²) in [7, 11) is 0. The van der Waals surface area contributed by atoms with Crippen molar-refractivity contribution in [1.29, 1.82) is 0 Å². The quantitative estimate of drug-likeness (QED) is 0.821. The maximum atomic E-state index is 9.05. The van der Waals surface area contributed by atoms with Crippen LogP contribution >= 0.6 is 0 Å².